The van der Waals surface area contributed by atoms with Crippen LogP contribution in [0.1, 0.15) is 33.2 Å². The maximum atomic E-state index is 13.8. The van der Waals surface area contributed by atoms with Crippen LogP contribution in [-0.2, 0) is 44.5 Å². The Kier molecular flexibility index (Phi) is 14.2. The smallest absolute Gasteiger partial charge is 0.367 e. The maximum Gasteiger partial charge on any atom is 0.367 e. The number of ether oxygens (including phenoxy) is 8. The summed E-state index contributed by atoms with van der Waals surface area (Å²) in [6, 6.07) is 36.0. The van der Waals surface area contributed by atoms with Crippen LogP contribution in [0.4, 0.5) is 4.79 Å². The highest BCUT2D eigenvalue weighted by Crippen LogP contribution is 2.40. The Hall–Kier alpha value is -4.21. The number of carbonyl (C=O) groups is 3. The van der Waals surface area contributed by atoms with E-state index in [9.17, 15) is 14.4 Å². The third kappa shape index (κ3) is 10.1. The summed E-state index contributed by atoms with van der Waals surface area (Å²) >= 11 is 2.32. The highest BCUT2D eigenvalue weighted by Gasteiger charge is 2.53. The highest BCUT2D eigenvalue weighted by molar-refractivity contribution is 8.12. The van der Waals surface area contributed by atoms with Gasteiger partial charge in [-0.1, -0.05) is 84.9 Å². The summed E-state index contributed by atoms with van der Waals surface area (Å²) in [5.74, 6) is -1.30. The topological polar surface area (TPSA) is 125 Å². The van der Waals surface area contributed by atoms with Gasteiger partial charge in [-0.25, -0.2) is 14.4 Å². The van der Waals surface area contributed by atoms with Crippen LogP contribution in [0.3, 0.4) is 0 Å². The number of hydrogen-bond acceptors (Lipinski definition) is 13. The van der Waals surface area contributed by atoms with Gasteiger partial charge in [0.15, 0.2) is 24.8 Å². The Morgan fingerprint density at radius 2 is 1.26 bits per heavy atom. The van der Waals surface area contributed by atoms with Crippen LogP contribution in [0, 0.1) is 0 Å². The van der Waals surface area contributed by atoms with Gasteiger partial charge in [-0.3, -0.25) is 0 Å². The Morgan fingerprint density at radius 1 is 0.685 bits per heavy atom. The zero-order chi connectivity index (χ0) is 37.9. The standard InChI is InChI=1S/C41H42O11S2/c1-26-32(45-2)34(52-41(44)53-3)36(54-30-22-14-7-15-23-30)40(48-26)51-33-31(49-37(42)28-18-10-5-11-19-28)25-47-39(46-24-27-16-8-4-9-17-27)35(33)50-38(43)29-20-12-6-13-21-29/h4-23,26,31-36,39-40H,24-25H2,1-3H3/t26-,31+,32-,33-,34+,35+,36-,39-,40+/m0/s1. The van der Waals surface area contributed by atoms with Gasteiger partial charge in [-0.05, 0) is 66.9 Å². The van der Waals surface area contributed by atoms with E-state index in [1.165, 1.54) is 18.9 Å². The number of methoxy groups -OCH3 is 1. The SMILES string of the molecule is CO[C@@H]1[C@@H](OC(=O)SC)[C@H](Sc2ccccc2)[C@@H](O[C@@H]2[C@@H](OC(=O)c3ccccc3)[C@@H](OCc3ccccc3)OC[C@H]2OC(=O)c2ccccc2)O[C@H]1C. The molecule has 54 heavy (non-hydrogen) atoms. The lowest BCUT2D eigenvalue weighted by Gasteiger charge is -2.47. The molecule has 2 aliphatic heterocycles. The van der Waals surface area contributed by atoms with Crippen molar-refractivity contribution >= 4 is 40.8 Å². The first-order valence-electron chi connectivity index (χ1n) is 17.4. The number of thioether (sulfide) groups is 2. The predicted molar refractivity (Wildman–Crippen MR) is 202 cm³/mol. The van der Waals surface area contributed by atoms with Crippen LogP contribution >= 0.6 is 23.5 Å². The number of hydrogen-bond donors (Lipinski definition) is 0. The zero-order valence-electron chi connectivity index (χ0n) is 30.0. The van der Waals surface area contributed by atoms with E-state index in [0.29, 0.717) is 5.56 Å². The van der Waals surface area contributed by atoms with Crippen molar-refractivity contribution in [3.05, 3.63) is 138 Å². The van der Waals surface area contributed by atoms with Gasteiger partial charge >= 0.3 is 17.2 Å². The van der Waals surface area contributed by atoms with Gasteiger partial charge in [0, 0.05) is 12.0 Å². The van der Waals surface area contributed by atoms with E-state index in [1.807, 2.05) is 60.7 Å². The van der Waals surface area contributed by atoms with Crippen molar-refractivity contribution in [2.24, 2.45) is 0 Å². The van der Waals surface area contributed by atoms with E-state index in [2.05, 4.69) is 0 Å². The number of rotatable bonds is 13. The molecule has 9 atom stereocenters. The first-order chi connectivity index (χ1) is 26.3. The Morgan fingerprint density at radius 3 is 1.85 bits per heavy atom. The third-order valence-corrected chi connectivity index (χ3v) is 10.6. The molecule has 0 unspecified atom stereocenters. The van der Waals surface area contributed by atoms with E-state index < -0.39 is 71.7 Å². The predicted octanol–water partition coefficient (Wildman–Crippen LogP) is 7.18. The molecular formula is C41H42O11S2. The van der Waals surface area contributed by atoms with Gasteiger partial charge in [-0.2, -0.15) is 0 Å². The van der Waals surface area contributed by atoms with E-state index in [1.54, 1.807) is 73.8 Å². The van der Waals surface area contributed by atoms with Crippen molar-refractivity contribution in [3.8, 4) is 0 Å². The second-order valence-corrected chi connectivity index (χ2v) is 14.5. The normalized spacial score (nSPS) is 26.7. The van der Waals surface area contributed by atoms with Gasteiger partial charge < -0.3 is 37.9 Å². The first-order valence-corrected chi connectivity index (χ1v) is 19.5. The summed E-state index contributed by atoms with van der Waals surface area (Å²) < 4.78 is 50.1. The Balaban J connectivity index is 1.39. The number of esters is 2. The van der Waals surface area contributed by atoms with Crippen molar-refractivity contribution in [1.82, 2.24) is 0 Å². The van der Waals surface area contributed by atoms with Gasteiger partial charge in [0.2, 0.25) is 0 Å². The molecule has 13 heteroatoms. The lowest BCUT2D eigenvalue weighted by atomic mass is 10.00. The quantitative estimate of drug-likeness (QED) is 0.101. The van der Waals surface area contributed by atoms with Crippen molar-refractivity contribution in [2.75, 3.05) is 20.0 Å². The van der Waals surface area contributed by atoms with Gasteiger partial charge in [-0.15, -0.1) is 11.8 Å². The molecule has 2 heterocycles. The second kappa shape index (κ2) is 19.4. The molecule has 0 aromatic heterocycles. The van der Waals surface area contributed by atoms with Crippen molar-refractivity contribution < 1.29 is 52.3 Å². The maximum absolute atomic E-state index is 13.8. The van der Waals surface area contributed by atoms with Crippen molar-refractivity contribution in [1.29, 1.82) is 0 Å². The molecule has 0 bridgehead atoms. The molecule has 11 nitrogen and oxygen atoms in total. The second-order valence-electron chi connectivity index (χ2n) is 12.5. The highest BCUT2D eigenvalue weighted by atomic mass is 32.2. The lowest BCUT2D eigenvalue weighted by Crippen LogP contribution is -2.63. The summed E-state index contributed by atoms with van der Waals surface area (Å²) in [5, 5.41) is -1.20. The fraction of sp³-hybridized carbons (Fsp3) is 0.341. The van der Waals surface area contributed by atoms with Gasteiger partial charge in [0.05, 0.1) is 30.4 Å². The molecule has 2 saturated heterocycles. The zero-order valence-corrected chi connectivity index (χ0v) is 31.6. The van der Waals surface area contributed by atoms with E-state index in [4.69, 9.17) is 37.9 Å². The summed E-state index contributed by atoms with van der Waals surface area (Å²) in [7, 11) is 1.53. The van der Waals surface area contributed by atoms with Crippen LogP contribution in [0.15, 0.2) is 126 Å². The lowest BCUT2D eigenvalue weighted by molar-refractivity contribution is -0.322. The van der Waals surface area contributed by atoms with Gasteiger partial charge in [0.1, 0.15) is 23.6 Å². The molecule has 0 spiro atoms. The largest absolute Gasteiger partial charge is 0.453 e. The van der Waals surface area contributed by atoms with E-state index in [-0.39, 0.29) is 18.8 Å². The average molecular weight is 775 g/mol. The molecule has 2 fully saturated rings. The Labute approximate surface area is 322 Å². The van der Waals surface area contributed by atoms with Crippen LogP contribution in [0.2, 0.25) is 0 Å². The molecular weight excluding hydrogens is 733 g/mol. The fourth-order valence-electron chi connectivity index (χ4n) is 6.21. The average Bonchev–Trinajstić information content (AvgIpc) is 3.21. The summed E-state index contributed by atoms with van der Waals surface area (Å²) in [6.45, 7) is 1.76. The molecule has 284 valence electrons. The first kappa shape index (κ1) is 39.5. The van der Waals surface area contributed by atoms with Crippen LogP contribution in [0.5, 0.6) is 0 Å². The summed E-state index contributed by atoms with van der Waals surface area (Å²) in [6.07, 6.45) is -6.28. The molecule has 6 rings (SSSR count). The number of carbonyl (C=O) groups excluding carboxylic acids is 3. The van der Waals surface area contributed by atoms with Crippen LogP contribution in [0.25, 0.3) is 0 Å². The van der Waals surface area contributed by atoms with Crippen LogP contribution in [-0.4, -0.2) is 91.7 Å². The number of benzene rings is 4. The molecule has 0 saturated carbocycles. The molecule has 0 N–H and O–H groups in total. The molecule has 0 aliphatic carbocycles. The summed E-state index contributed by atoms with van der Waals surface area (Å²) in [5.41, 5.74) is 1.45. The minimum absolute atomic E-state index is 0.123. The molecule has 2 aliphatic rings. The minimum Gasteiger partial charge on any atom is -0.453 e. The fourth-order valence-corrected chi connectivity index (χ4v) is 7.63. The van der Waals surface area contributed by atoms with Crippen molar-refractivity contribution in [2.45, 2.75) is 72.9 Å². The van der Waals surface area contributed by atoms with Gasteiger partial charge in [0.25, 0.3) is 0 Å². The Bertz CT molecular complexity index is 1780. The minimum atomic E-state index is -1.27. The van der Waals surface area contributed by atoms with E-state index in [0.717, 1.165) is 22.2 Å². The molecule has 0 radical (unpaired) electrons. The molecule has 4 aromatic rings. The summed E-state index contributed by atoms with van der Waals surface area (Å²) in [4.78, 5) is 41.0. The molecule has 4 aromatic carbocycles. The molecule has 0 amide bonds. The van der Waals surface area contributed by atoms with E-state index >= 15 is 0 Å². The van der Waals surface area contributed by atoms with Crippen LogP contribution < -0.4 is 0 Å². The van der Waals surface area contributed by atoms with Crippen molar-refractivity contribution in [3.63, 3.8) is 0 Å². The third-order valence-electron chi connectivity index (χ3n) is 8.87. The monoisotopic (exact) mass is 774 g/mol.